The first-order chi connectivity index (χ1) is 15.8. The van der Waals surface area contributed by atoms with Crippen molar-refractivity contribution in [1.29, 1.82) is 0 Å². The Bertz CT molecular complexity index is 1450. The zero-order valence-corrected chi connectivity index (χ0v) is 18.8. The quantitative estimate of drug-likeness (QED) is 0.410. The van der Waals surface area contributed by atoms with Crippen LogP contribution in [-0.2, 0) is 16.4 Å². The molecule has 0 unspecified atom stereocenters. The van der Waals surface area contributed by atoms with E-state index in [2.05, 4.69) is 4.72 Å². The zero-order valence-electron chi connectivity index (χ0n) is 17.2. The maximum absolute atomic E-state index is 13.0. The number of rotatable bonds is 7. The first-order valence-electron chi connectivity index (χ1n) is 9.99. The van der Waals surface area contributed by atoms with E-state index in [1.807, 2.05) is 0 Å². The lowest BCUT2D eigenvalue weighted by Gasteiger charge is -2.09. The lowest BCUT2D eigenvalue weighted by atomic mass is 10.1. The average Bonchev–Trinajstić information content (AvgIpc) is 3.18. The number of nitrogens with zero attached hydrogens (tertiary/aromatic N) is 1. The molecule has 9 heteroatoms. The van der Waals surface area contributed by atoms with Gasteiger partial charge in [0, 0.05) is 22.5 Å². The summed E-state index contributed by atoms with van der Waals surface area (Å²) in [4.78, 5) is 24.9. The van der Waals surface area contributed by atoms with Crippen LogP contribution in [0.25, 0.3) is 10.9 Å². The highest BCUT2D eigenvalue weighted by molar-refractivity contribution is 7.89. The molecular formula is C24H19ClN2O5S. The van der Waals surface area contributed by atoms with Gasteiger partial charge in [-0.2, -0.15) is 0 Å². The summed E-state index contributed by atoms with van der Waals surface area (Å²) in [5.74, 6) is -1.65. The fourth-order valence-electron chi connectivity index (χ4n) is 3.53. The second kappa shape index (κ2) is 9.19. The molecule has 0 fully saturated rings. The third-order valence-electron chi connectivity index (χ3n) is 5.14. The third kappa shape index (κ3) is 4.83. The third-order valence-corrected chi connectivity index (χ3v) is 6.87. The van der Waals surface area contributed by atoms with Crippen molar-refractivity contribution >= 4 is 44.4 Å². The van der Waals surface area contributed by atoms with Crippen LogP contribution in [-0.4, -0.2) is 36.5 Å². The molecule has 0 aliphatic carbocycles. The number of hydrogen-bond acceptors (Lipinski definition) is 4. The number of carbonyl (C=O) groups is 2. The largest absolute Gasteiger partial charge is 0.477 e. The van der Waals surface area contributed by atoms with Gasteiger partial charge in [-0.3, -0.25) is 9.36 Å². The SMILES string of the molecule is O=C(O)c1cc2cc(CCNS(=O)(=O)c3ccc(Cl)cc3)ccc2n1C(=O)c1ccccc1. The monoisotopic (exact) mass is 482 g/mol. The topological polar surface area (TPSA) is 105 Å². The average molecular weight is 483 g/mol. The molecule has 1 aromatic heterocycles. The molecular weight excluding hydrogens is 464 g/mol. The molecule has 168 valence electrons. The summed E-state index contributed by atoms with van der Waals surface area (Å²) in [6.45, 7) is 0.145. The van der Waals surface area contributed by atoms with E-state index >= 15 is 0 Å². The van der Waals surface area contributed by atoms with Gasteiger partial charge in [-0.25, -0.2) is 17.9 Å². The summed E-state index contributed by atoms with van der Waals surface area (Å²) in [5.41, 5.74) is 1.49. The number of halogens is 1. The molecule has 0 radical (unpaired) electrons. The number of carboxylic acids is 1. The predicted octanol–water partition coefficient (Wildman–Crippen LogP) is 4.20. The van der Waals surface area contributed by atoms with Crippen LogP contribution in [0.15, 0.2) is 83.8 Å². The van der Waals surface area contributed by atoms with E-state index < -0.39 is 21.9 Å². The van der Waals surface area contributed by atoms with Crippen LogP contribution < -0.4 is 4.72 Å². The highest BCUT2D eigenvalue weighted by Crippen LogP contribution is 2.23. The molecule has 0 aliphatic heterocycles. The second-order valence-electron chi connectivity index (χ2n) is 7.34. The summed E-state index contributed by atoms with van der Waals surface area (Å²) in [6, 6.07) is 20.9. The molecule has 33 heavy (non-hydrogen) atoms. The van der Waals surface area contributed by atoms with Gasteiger partial charge in [-0.15, -0.1) is 0 Å². The standard InChI is InChI=1S/C24H19ClN2O5S/c25-19-7-9-20(10-8-19)33(31,32)26-13-12-16-6-11-21-18(14-16)15-22(24(29)30)27(21)23(28)17-4-2-1-3-5-17/h1-11,14-15,26H,12-13H2,(H,29,30). The van der Waals surface area contributed by atoms with Crippen LogP contribution in [0.5, 0.6) is 0 Å². The molecule has 2 N–H and O–H groups in total. The number of nitrogens with one attached hydrogen (secondary N) is 1. The Morgan fingerprint density at radius 1 is 0.939 bits per heavy atom. The Kier molecular flexibility index (Phi) is 6.33. The van der Waals surface area contributed by atoms with Gasteiger partial charge in [0.25, 0.3) is 5.91 Å². The van der Waals surface area contributed by atoms with Gasteiger partial charge in [0.2, 0.25) is 10.0 Å². The zero-order chi connectivity index (χ0) is 23.6. The lowest BCUT2D eigenvalue weighted by Crippen LogP contribution is -2.25. The minimum atomic E-state index is -3.68. The Labute approximate surface area is 195 Å². The van der Waals surface area contributed by atoms with Crippen LogP contribution in [0.1, 0.15) is 26.4 Å². The lowest BCUT2D eigenvalue weighted by molar-refractivity contribution is 0.0677. The molecule has 0 aliphatic rings. The number of sulfonamides is 1. The van der Waals surface area contributed by atoms with E-state index in [1.165, 1.54) is 34.9 Å². The molecule has 1 heterocycles. The number of aromatic nitrogens is 1. The number of fused-ring (bicyclic) bond motifs is 1. The molecule has 0 saturated carbocycles. The molecule has 4 aromatic rings. The van der Waals surface area contributed by atoms with E-state index in [1.54, 1.807) is 48.5 Å². The maximum Gasteiger partial charge on any atom is 0.353 e. The highest BCUT2D eigenvalue weighted by Gasteiger charge is 2.21. The molecule has 3 aromatic carbocycles. The number of aromatic carboxylic acids is 1. The van der Waals surface area contributed by atoms with Crippen molar-refractivity contribution in [2.24, 2.45) is 0 Å². The molecule has 7 nitrogen and oxygen atoms in total. The predicted molar refractivity (Wildman–Crippen MR) is 125 cm³/mol. The summed E-state index contributed by atoms with van der Waals surface area (Å²) in [6.07, 6.45) is 0.378. The van der Waals surface area contributed by atoms with Crippen LogP contribution in [0.2, 0.25) is 5.02 Å². The summed E-state index contributed by atoms with van der Waals surface area (Å²) < 4.78 is 28.6. The maximum atomic E-state index is 13.0. The van der Waals surface area contributed by atoms with Gasteiger partial charge in [0.05, 0.1) is 10.4 Å². The number of hydrogen-bond donors (Lipinski definition) is 2. The van der Waals surface area contributed by atoms with Gasteiger partial charge in [-0.05, 0) is 66.6 Å². The van der Waals surface area contributed by atoms with Crippen LogP contribution in [0, 0.1) is 0 Å². The Balaban J connectivity index is 1.57. The first-order valence-corrected chi connectivity index (χ1v) is 11.8. The van der Waals surface area contributed by atoms with Crippen LogP contribution in [0.3, 0.4) is 0 Å². The normalized spacial score (nSPS) is 11.5. The smallest absolute Gasteiger partial charge is 0.353 e. The van der Waals surface area contributed by atoms with E-state index in [0.717, 1.165) is 5.56 Å². The van der Waals surface area contributed by atoms with Gasteiger partial charge in [0.15, 0.2) is 0 Å². The van der Waals surface area contributed by atoms with Gasteiger partial charge < -0.3 is 5.11 Å². The Morgan fingerprint density at radius 2 is 1.64 bits per heavy atom. The number of carbonyl (C=O) groups excluding carboxylic acids is 1. The summed E-state index contributed by atoms with van der Waals surface area (Å²) in [5, 5.41) is 10.7. The Morgan fingerprint density at radius 3 is 2.30 bits per heavy atom. The molecule has 0 amide bonds. The van der Waals surface area contributed by atoms with E-state index in [9.17, 15) is 23.1 Å². The van der Waals surface area contributed by atoms with E-state index in [-0.39, 0.29) is 17.1 Å². The number of carboxylic acid groups (broad SMARTS) is 1. The minimum Gasteiger partial charge on any atom is -0.477 e. The van der Waals surface area contributed by atoms with Gasteiger partial charge in [-0.1, -0.05) is 35.9 Å². The van der Waals surface area contributed by atoms with E-state index in [0.29, 0.717) is 27.9 Å². The van der Waals surface area contributed by atoms with Gasteiger partial charge in [0.1, 0.15) is 5.69 Å². The molecule has 0 atom stereocenters. The molecule has 4 rings (SSSR count). The molecule has 0 bridgehead atoms. The summed E-state index contributed by atoms with van der Waals surface area (Å²) in [7, 11) is -3.68. The highest BCUT2D eigenvalue weighted by atomic mass is 35.5. The van der Waals surface area contributed by atoms with Crippen molar-refractivity contribution in [3.8, 4) is 0 Å². The van der Waals surface area contributed by atoms with Crippen molar-refractivity contribution in [2.75, 3.05) is 6.54 Å². The van der Waals surface area contributed by atoms with Gasteiger partial charge >= 0.3 is 5.97 Å². The van der Waals surface area contributed by atoms with Crippen molar-refractivity contribution in [3.63, 3.8) is 0 Å². The minimum absolute atomic E-state index is 0.116. The molecule has 0 saturated heterocycles. The molecule has 0 spiro atoms. The van der Waals surface area contributed by atoms with Crippen LogP contribution in [0.4, 0.5) is 0 Å². The van der Waals surface area contributed by atoms with E-state index in [4.69, 9.17) is 11.6 Å². The van der Waals surface area contributed by atoms with Crippen molar-refractivity contribution < 1.29 is 23.1 Å². The van der Waals surface area contributed by atoms with Crippen molar-refractivity contribution in [2.45, 2.75) is 11.3 Å². The Hall–Kier alpha value is -3.46. The fourth-order valence-corrected chi connectivity index (χ4v) is 4.69. The number of benzene rings is 3. The second-order valence-corrected chi connectivity index (χ2v) is 9.54. The van der Waals surface area contributed by atoms with Crippen molar-refractivity contribution in [1.82, 2.24) is 9.29 Å². The first kappa shape index (κ1) is 22.7. The van der Waals surface area contributed by atoms with Crippen molar-refractivity contribution in [3.05, 3.63) is 101 Å². The van der Waals surface area contributed by atoms with Crippen LogP contribution >= 0.6 is 11.6 Å². The summed E-state index contributed by atoms with van der Waals surface area (Å²) >= 11 is 5.81. The fraction of sp³-hybridized carbons (Fsp3) is 0.0833.